The summed E-state index contributed by atoms with van der Waals surface area (Å²) in [5.74, 6) is -1.04. The zero-order chi connectivity index (χ0) is 28.0. The van der Waals surface area contributed by atoms with Crippen LogP contribution in [0.1, 0.15) is 62.8 Å². The Balaban J connectivity index is 2.04. The molecule has 0 heterocycles. The molecule has 0 saturated heterocycles. The summed E-state index contributed by atoms with van der Waals surface area (Å²) in [6.07, 6.45) is 3.09. The molecule has 3 N–H and O–H groups in total. The second kappa shape index (κ2) is 12.5. The lowest BCUT2D eigenvalue weighted by Crippen LogP contribution is -2.58. The van der Waals surface area contributed by atoms with E-state index in [1.54, 1.807) is 57.2 Å². The van der Waals surface area contributed by atoms with E-state index >= 15 is 0 Å². The van der Waals surface area contributed by atoms with Crippen LogP contribution in [0.25, 0.3) is 6.08 Å². The van der Waals surface area contributed by atoms with Gasteiger partial charge in [-0.25, -0.2) is 4.79 Å². The number of nitrogens with zero attached hydrogens (tertiary/aromatic N) is 1. The van der Waals surface area contributed by atoms with Gasteiger partial charge in [0.2, 0.25) is 5.91 Å². The number of aliphatic hydroxyl groups is 1. The summed E-state index contributed by atoms with van der Waals surface area (Å²) in [6.45, 7) is 10.1. The van der Waals surface area contributed by atoms with Crippen LogP contribution in [0.3, 0.4) is 0 Å². The van der Waals surface area contributed by atoms with Gasteiger partial charge in [-0.1, -0.05) is 54.6 Å². The number of nitrogens with one attached hydrogen (secondary N) is 2. The van der Waals surface area contributed by atoms with Gasteiger partial charge in [0.1, 0.15) is 17.7 Å². The Labute approximate surface area is 229 Å². The van der Waals surface area contributed by atoms with Crippen molar-refractivity contribution in [2.24, 2.45) is 0 Å². The highest BCUT2D eigenvalue weighted by Gasteiger charge is 2.42. The number of halogens is 1. The normalized spacial score (nSPS) is 15.0. The molecule has 2 unspecified atom stereocenters. The van der Waals surface area contributed by atoms with Crippen LogP contribution < -0.4 is 10.6 Å². The number of para-hydroxylation sites is 1. The number of alkyl carbamates (subject to hydrolysis) is 1. The molecule has 1 aliphatic carbocycles. The summed E-state index contributed by atoms with van der Waals surface area (Å²) < 4.78 is 5.29. The molecule has 1 saturated carbocycles. The van der Waals surface area contributed by atoms with Crippen molar-refractivity contribution in [1.82, 2.24) is 10.2 Å². The van der Waals surface area contributed by atoms with Crippen molar-refractivity contribution in [3.8, 4) is 0 Å². The van der Waals surface area contributed by atoms with E-state index in [1.165, 1.54) is 4.90 Å². The van der Waals surface area contributed by atoms with Crippen LogP contribution in [0, 0.1) is 6.92 Å². The minimum absolute atomic E-state index is 0.257. The largest absolute Gasteiger partial charge is 0.444 e. The van der Waals surface area contributed by atoms with Crippen molar-refractivity contribution in [1.29, 1.82) is 0 Å². The second-order valence-electron chi connectivity index (χ2n) is 10.4. The quantitative estimate of drug-likeness (QED) is 0.402. The summed E-state index contributed by atoms with van der Waals surface area (Å²) in [6, 6.07) is 9.89. The Morgan fingerprint density at radius 2 is 1.89 bits per heavy atom. The molecule has 8 nitrogen and oxygen atoms in total. The molecular weight excluding hydrogens is 506 g/mol. The molecule has 9 heteroatoms. The number of anilines is 1. The van der Waals surface area contributed by atoms with E-state index in [4.69, 9.17) is 16.3 Å². The van der Waals surface area contributed by atoms with Gasteiger partial charge in [-0.3, -0.25) is 9.59 Å². The van der Waals surface area contributed by atoms with E-state index in [2.05, 4.69) is 17.2 Å². The van der Waals surface area contributed by atoms with Gasteiger partial charge in [-0.05, 0) is 75.8 Å². The monoisotopic (exact) mass is 541 g/mol. The van der Waals surface area contributed by atoms with Gasteiger partial charge in [-0.2, -0.15) is 0 Å². The Morgan fingerprint density at radius 3 is 2.45 bits per heavy atom. The second-order valence-corrected chi connectivity index (χ2v) is 10.8. The number of rotatable bonds is 9. The van der Waals surface area contributed by atoms with E-state index < -0.39 is 42.2 Å². The van der Waals surface area contributed by atoms with Crippen molar-refractivity contribution in [3.63, 3.8) is 0 Å². The lowest BCUT2D eigenvalue weighted by molar-refractivity contribution is -0.146. The molecule has 2 atom stereocenters. The van der Waals surface area contributed by atoms with E-state index in [9.17, 15) is 19.5 Å². The maximum Gasteiger partial charge on any atom is 0.408 e. The third kappa shape index (κ3) is 7.14. The maximum absolute atomic E-state index is 14.0. The van der Waals surface area contributed by atoms with Crippen LogP contribution in [0.5, 0.6) is 0 Å². The fourth-order valence-corrected chi connectivity index (χ4v) is 4.54. The number of amides is 3. The third-order valence-corrected chi connectivity index (χ3v) is 6.67. The summed E-state index contributed by atoms with van der Waals surface area (Å²) in [5, 5.41) is 15.9. The van der Waals surface area contributed by atoms with Crippen LogP contribution in [-0.4, -0.2) is 52.2 Å². The summed E-state index contributed by atoms with van der Waals surface area (Å²) in [5.41, 5.74) is 1.78. The van der Waals surface area contributed by atoms with Gasteiger partial charge >= 0.3 is 6.09 Å². The lowest BCUT2D eigenvalue weighted by atomic mass is 9.88. The first kappa shape index (κ1) is 29.2. The molecule has 204 valence electrons. The average Bonchev–Trinajstić information content (AvgIpc) is 2.82. The molecule has 38 heavy (non-hydrogen) atoms. The molecular formula is C29H36ClN3O5. The maximum atomic E-state index is 14.0. The molecule has 3 amide bonds. The number of hydrogen-bond donors (Lipinski definition) is 3. The fraction of sp³-hybridized carbons (Fsp3) is 0.414. The van der Waals surface area contributed by atoms with Crippen LogP contribution in [0.4, 0.5) is 10.5 Å². The SMILES string of the molecule is C=Cc1cccc(C(C(=O)Nc2c(C)cccc2Cl)N(C(=O)C(CO)NC(=O)OC(C)(C)C)C2CCC2)c1. The fourth-order valence-electron chi connectivity index (χ4n) is 4.27. The molecule has 1 fully saturated rings. The van der Waals surface area contributed by atoms with Crippen LogP contribution in [-0.2, 0) is 14.3 Å². The molecule has 2 aromatic carbocycles. The highest BCUT2D eigenvalue weighted by atomic mass is 35.5. The van der Waals surface area contributed by atoms with Crippen molar-refractivity contribution in [2.75, 3.05) is 11.9 Å². The number of hydrogen-bond acceptors (Lipinski definition) is 5. The predicted octanol–water partition coefficient (Wildman–Crippen LogP) is 5.24. The standard InChI is InChI=1S/C29H36ClN3O5/c1-6-19-11-8-12-20(16-19)25(26(35)32-24-18(2)10-7-15-22(24)30)33(21-13-9-14-21)27(36)23(17-34)31-28(37)38-29(3,4)5/h6-8,10-12,15-16,21,23,25,34H,1,9,13-14,17H2,2-5H3,(H,31,37)(H,32,35). The third-order valence-electron chi connectivity index (χ3n) is 6.35. The Morgan fingerprint density at radius 1 is 1.21 bits per heavy atom. The van der Waals surface area contributed by atoms with E-state index in [-0.39, 0.29) is 6.04 Å². The van der Waals surface area contributed by atoms with E-state index in [0.717, 1.165) is 17.5 Å². The van der Waals surface area contributed by atoms with Gasteiger partial charge in [0, 0.05) is 6.04 Å². The van der Waals surface area contributed by atoms with Gasteiger partial charge in [0.15, 0.2) is 0 Å². The first-order chi connectivity index (χ1) is 17.9. The topological polar surface area (TPSA) is 108 Å². The molecule has 0 spiro atoms. The van der Waals surface area contributed by atoms with Crippen molar-refractivity contribution in [2.45, 2.75) is 70.7 Å². The molecule has 2 aromatic rings. The summed E-state index contributed by atoms with van der Waals surface area (Å²) in [7, 11) is 0. The van der Waals surface area contributed by atoms with Gasteiger partial charge in [-0.15, -0.1) is 0 Å². The number of ether oxygens (including phenoxy) is 1. The first-order valence-corrected chi connectivity index (χ1v) is 13.0. The Hall–Kier alpha value is -3.36. The summed E-state index contributed by atoms with van der Waals surface area (Å²) in [4.78, 5) is 41.8. The molecule has 1 aliphatic rings. The molecule has 0 bridgehead atoms. The van der Waals surface area contributed by atoms with Crippen molar-refractivity contribution >= 4 is 41.3 Å². The molecule has 0 radical (unpaired) electrons. The van der Waals surface area contributed by atoms with Gasteiger partial charge < -0.3 is 25.4 Å². The van der Waals surface area contributed by atoms with Gasteiger partial charge in [0.05, 0.1) is 17.3 Å². The zero-order valence-corrected chi connectivity index (χ0v) is 23.0. The number of carbonyl (C=O) groups excluding carboxylic acids is 3. The summed E-state index contributed by atoms with van der Waals surface area (Å²) >= 11 is 6.40. The zero-order valence-electron chi connectivity index (χ0n) is 22.3. The number of aliphatic hydroxyl groups excluding tert-OH is 1. The molecule has 3 rings (SSSR count). The van der Waals surface area contributed by atoms with Crippen molar-refractivity contribution in [3.05, 3.63) is 70.8 Å². The Bertz CT molecular complexity index is 1170. The van der Waals surface area contributed by atoms with Crippen LogP contribution >= 0.6 is 11.6 Å². The number of carbonyl (C=O) groups is 3. The van der Waals surface area contributed by atoms with Crippen LogP contribution in [0.2, 0.25) is 5.02 Å². The van der Waals surface area contributed by atoms with Crippen LogP contribution in [0.15, 0.2) is 49.0 Å². The highest BCUT2D eigenvalue weighted by Crippen LogP contribution is 2.35. The lowest BCUT2D eigenvalue weighted by Gasteiger charge is -2.43. The van der Waals surface area contributed by atoms with Gasteiger partial charge in [0.25, 0.3) is 5.91 Å². The smallest absolute Gasteiger partial charge is 0.408 e. The Kier molecular flexibility index (Phi) is 9.57. The average molecular weight is 542 g/mol. The number of aryl methyl sites for hydroxylation is 1. The van der Waals surface area contributed by atoms with E-state index in [1.807, 2.05) is 19.1 Å². The molecule has 0 aromatic heterocycles. The highest BCUT2D eigenvalue weighted by molar-refractivity contribution is 6.34. The van der Waals surface area contributed by atoms with Crippen molar-refractivity contribution < 1.29 is 24.2 Å². The first-order valence-electron chi connectivity index (χ1n) is 12.7. The molecule has 0 aliphatic heterocycles. The van der Waals surface area contributed by atoms with E-state index in [0.29, 0.717) is 29.1 Å². The predicted molar refractivity (Wildman–Crippen MR) is 149 cm³/mol. The minimum Gasteiger partial charge on any atom is -0.444 e. The number of benzene rings is 2. The minimum atomic E-state index is -1.30.